The maximum absolute atomic E-state index is 13.4. The number of rotatable bonds is 7. The number of halogens is 1. The van der Waals surface area contributed by atoms with E-state index in [1.807, 2.05) is 13.8 Å². The zero-order chi connectivity index (χ0) is 25.3. The molecule has 2 aliphatic heterocycles. The second-order valence-corrected chi connectivity index (χ2v) is 9.53. The summed E-state index contributed by atoms with van der Waals surface area (Å²) in [6.07, 6.45) is 0.719. The fourth-order valence-corrected chi connectivity index (χ4v) is 5.52. The van der Waals surface area contributed by atoms with Crippen LogP contribution in [-0.2, 0) is 33.4 Å². The Morgan fingerprint density at radius 1 is 1.23 bits per heavy atom. The molecule has 1 spiro atoms. The van der Waals surface area contributed by atoms with E-state index < -0.39 is 35.7 Å². The number of oxime groups is 1. The van der Waals surface area contributed by atoms with Crippen LogP contribution >= 0.6 is 0 Å². The molecule has 35 heavy (non-hydrogen) atoms. The van der Waals surface area contributed by atoms with E-state index in [-0.39, 0.29) is 24.1 Å². The first-order valence-electron chi connectivity index (χ1n) is 11.8. The third kappa shape index (κ3) is 4.81. The van der Waals surface area contributed by atoms with Crippen molar-refractivity contribution in [1.29, 1.82) is 0 Å². The number of hydrogen-bond donors (Lipinski definition) is 0. The summed E-state index contributed by atoms with van der Waals surface area (Å²) < 4.78 is 30.1. The number of ether oxygens (including phenoxy) is 3. The monoisotopic (exact) mass is 487 g/mol. The summed E-state index contributed by atoms with van der Waals surface area (Å²) in [5.41, 5.74) is 1.65. The van der Waals surface area contributed by atoms with Gasteiger partial charge in [0.2, 0.25) is 5.60 Å². The molecule has 1 saturated heterocycles. The maximum Gasteiger partial charge on any atom is 0.354 e. The molecule has 9 heteroatoms. The van der Waals surface area contributed by atoms with Gasteiger partial charge >= 0.3 is 17.9 Å². The molecule has 1 aromatic carbocycles. The van der Waals surface area contributed by atoms with Crippen LogP contribution in [0, 0.1) is 17.7 Å². The molecule has 3 aliphatic rings. The molecule has 4 rings (SSSR count). The van der Waals surface area contributed by atoms with Gasteiger partial charge < -0.3 is 19.0 Å². The second kappa shape index (κ2) is 9.79. The third-order valence-electron chi connectivity index (χ3n) is 7.01. The Hall–Kier alpha value is -3.23. The van der Waals surface area contributed by atoms with Crippen molar-refractivity contribution in [3.05, 3.63) is 46.8 Å². The van der Waals surface area contributed by atoms with Crippen LogP contribution in [0.15, 0.2) is 40.6 Å². The minimum Gasteiger partial charge on any atom is -0.466 e. The van der Waals surface area contributed by atoms with Crippen LogP contribution in [0.2, 0.25) is 0 Å². The molecule has 0 aromatic heterocycles. The SMILES string of the molecule is CC(=O)OCCC[C@H](C)C1=C(C)C[C@H]2OC(=O)[C@]3(CC(c4ccc(F)cc4)=NO3)[C@H]2[C@@H]1OC(C)=O. The van der Waals surface area contributed by atoms with Crippen LogP contribution in [0.3, 0.4) is 0 Å². The van der Waals surface area contributed by atoms with Gasteiger partial charge in [-0.3, -0.25) is 9.59 Å². The largest absolute Gasteiger partial charge is 0.466 e. The molecule has 0 unspecified atom stereocenters. The Balaban J connectivity index is 1.62. The smallest absolute Gasteiger partial charge is 0.354 e. The topological polar surface area (TPSA) is 100 Å². The molecule has 1 fully saturated rings. The van der Waals surface area contributed by atoms with E-state index in [1.165, 1.54) is 26.0 Å². The molecule has 188 valence electrons. The van der Waals surface area contributed by atoms with E-state index in [9.17, 15) is 18.8 Å². The van der Waals surface area contributed by atoms with Gasteiger partial charge in [-0.1, -0.05) is 29.8 Å². The number of esters is 3. The van der Waals surface area contributed by atoms with Crippen molar-refractivity contribution >= 4 is 23.6 Å². The predicted octanol–water partition coefficient (Wildman–Crippen LogP) is 3.86. The minimum atomic E-state index is -1.43. The number of carbonyl (C=O) groups is 3. The van der Waals surface area contributed by atoms with Gasteiger partial charge in [0.05, 0.1) is 18.2 Å². The minimum absolute atomic E-state index is 0.00232. The van der Waals surface area contributed by atoms with E-state index >= 15 is 0 Å². The van der Waals surface area contributed by atoms with Gasteiger partial charge in [-0.25, -0.2) is 9.18 Å². The Kier molecular flexibility index (Phi) is 6.96. The van der Waals surface area contributed by atoms with Crippen LogP contribution in [0.4, 0.5) is 4.39 Å². The molecule has 1 aliphatic carbocycles. The summed E-state index contributed by atoms with van der Waals surface area (Å²) in [5.74, 6) is -2.30. The van der Waals surface area contributed by atoms with E-state index in [2.05, 4.69) is 5.16 Å². The van der Waals surface area contributed by atoms with Crippen molar-refractivity contribution < 1.29 is 37.8 Å². The van der Waals surface area contributed by atoms with Gasteiger partial charge in [-0.2, -0.15) is 0 Å². The van der Waals surface area contributed by atoms with E-state index in [1.54, 1.807) is 12.1 Å². The van der Waals surface area contributed by atoms with Gasteiger partial charge in [0.15, 0.2) is 0 Å². The molecule has 1 aromatic rings. The molecule has 2 heterocycles. The quantitative estimate of drug-likeness (QED) is 0.249. The molecular formula is C26H30FNO7. The van der Waals surface area contributed by atoms with Crippen molar-refractivity contribution in [2.24, 2.45) is 17.0 Å². The zero-order valence-electron chi connectivity index (χ0n) is 20.3. The summed E-state index contributed by atoms with van der Waals surface area (Å²) in [5, 5.41) is 4.18. The Morgan fingerprint density at radius 2 is 1.94 bits per heavy atom. The van der Waals surface area contributed by atoms with Crippen LogP contribution < -0.4 is 0 Å². The number of benzene rings is 1. The van der Waals surface area contributed by atoms with Crippen molar-refractivity contribution in [3.8, 4) is 0 Å². The molecular weight excluding hydrogens is 457 g/mol. The highest BCUT2D eigenvalue weighted by molar-refractivity contribution is 6.05. The summed E-state index contributed by atoms with van der Waals surface area (Å²) in [7, 11) is 0. The van der Waals surface area contributed by atoms with Crippen LogP contribution in [0.5, 0.6) is 0 Å². The van der Waals surface area contributed by atoms with Gasteiger partial charge in [0.1, 0.15) is 18.0 Å². The fraction of sp³-hybridized carbons (Fsp3) is 0.538. The number of hydrogen-bond acceptors (Lipinski definition) is 8. The van der Waals surface area contributed by atoms with Crippen molar-refractivity contribution in [2.75, 3.05) is 6.61 Å². The highest BCUT2D eigenvalue weighted by atomic mass is 19.1. The number of carbonyl (C=O) groups excluding carboxylic acids is 3. The summed E-state index contributed by atoms with van der Waals surface area (Å²) in [6.45, 7) is 7.00. The first-order valence-corrected chi connectivity index (χ1v) is 11.8. The molecule has 0 amide bonds. The van der Waals surface area contributed by atoms with Gasteiger partial charge in [-0.05, 0) is 49.0 Å². The zero-order valence-corrected chi connectivity index (χ0v) is 20.3. The molecule has 0 radical (unpaired) electrons. The summed E-state index contributed by atoms with van der Waals surface area (Å²) in [4.78, 5) is 42.3. The summed E-state index contributed by atoms with van der Waals surface area (Å²) >= 11 is 0. The van der Waals surface area contributed by atoms with Crippen LogP contribution in [0.25, 0.3) is 0 Å². The Bertz CT molecular complexity index is 1080. The highest BCUT2D eigenvalue weighted by Crippen LogP contribution is 2.52. The van der Waals surface area contributed by atoms with Gasteiger partial charge in [0.25, 0.3) is 0 Å². The molecule has 5 atom stereocenters. The standard InChI is InChI=1S/C26H30FNO7/c1-14(6-5-11-32-16(3)29)22-15(2)12-21-23(24(22)33-17(4)30)26(25(31)34-21)13-20(28-35-26)18-7-9-19(27)10-8-18/h7-10,14,21,23-24H,5-6,11-13H2,1-4H3/t14-,21+,23+,24+,26-/m0/s1. The first-order chi connectivity index (χ1) is 16.6. The van der Waals surface area contributed by atoms with Crippen molar-refractivity contribution in [3.63, 3.8) is 0 Å². The van der Waals surface area contributed by atoms with Gasteiger partial charge in [0, 0.05) is 26.7 Å². The molecule has 0 saturated carbocycles. The maximum atomic E-state index is 13.4. The van der Waals surface area contributed by atoms with Crippen LogP contribution in [-0.4, -0.2) is 48.0 Å². The fourth-order valence-electron chi connectivity index (χ4n) is 5.52. The Labute approximate surface area is 203 Å². The normalized spacial score (nSPS) is 28.2. The third-order valence-corrected chi connectivity index (χ3v) is 7.01. The van der Waals surface area contributed by atoms with E-state index in [0.29, 0.717) is 37.1 Å². The second-order valence-electron chi connectivity index (χ2n) is 9.53. The predicted molar refractivity (Wildman–Crippen MR) is 123 cm³/mol. The first kappa shape index (κ1) is 24.9. The Morgan fingerprint density at radius 3 is 2.60 bits per heavy atom. The highest BCUT2D eigenvalue weighted by Gasteiger charge is 2.67. The lowest BCUT2D eigenvalue weighted by Gasteiger charge is -2.40. The number of fused-ring (bicyclic) bond motifs is 2. The molecule has 8 nitrogen and oxygen atoms in total. The van der Waals surface area contributed by atoms with Crippen molar-refractivity contribution in [1.82, 2.24) is 0 Å². The lowest BCUT2D eigenvalue weighted by molar-refractivity contribution is -0.164. The van der Waals surface area contributed by atoms with Crippen LogP contribution in [0.1, 0.15) is 58.9 Å². The molecule has 0 N–H and O–H groups in total. The van der Waals surface area contributed by atoms with Gasteiger partial charge in [-0.15, -0.1) is 0 Å². The van der Waals surface area contributed by atoms with E-state index in [0.717, 1.165) is 11.1 Å². The van der Waals surface area contributed by atoms with E-state index in [4.69, 9.17) is 19.0 Å². The van der Waals surface area contributed by atoms with Crippen molar-refractivity contribution in [2.45, 2.75) is 71.2 Å². The molecule has 0 bridgehead atoms. The average Bonchev–Trinajstić information content (AvgIpc) is 3.33. The average molecular weight is 488 g/mol. The lowest BCUT2D eigenvalue weighted by atomic mass is 9.68. The lowest BCUT2D eigenvalue weighted by Crippen LogP contribution is -2.52. The summed E-state index contributed by atoms with van der Waals surface area (Å²) in [6, 6.07) is 5.81. The number of nitrogens with zero attached hydrogens (tertiary/aromatic N) is 1.